The molecule has 7 aromatic rings. The van der Waals surface area contributed by atoms with Crippen LogP contribution in [-0.4, -0.2) is 69.6 Å². The normalized spacial score (nSPS) is 13.4. The molecule has 0 saturated carbocycles. The van der Waals surface area contributed by atoms with Gasteiger partial charge in [0.05, 0.1) is 52.0 Å². The maximum atomic E-state index is 14.8. The molecule has 76 heavy (non-hydrogen) atoms. The average molecular weight is 1050 g/mol. The first kappa shape index (κ1) is 58.1. The Morgan fingerprint density at radius 3 is 1.55 bits per heavy atom. The number of hydrogen-bond acceptors (Lipinski definition) is 11. The van der Waals surface area contributed by atoms with Gasteiger partial charge >= 0.3 is 7.60 Å². The van der Waals surface area contributed by atoms with Gasteiger partial charge in [0.25, 0.3) is 0 Å². The Kier molecular flexibility index (Phi) is 25.2. The number of nitrogens with zero attached hydrogens (tertiary/aromatic N) is 4. The summed E-state index contributed by atoms with van der Waals surface area (Å²) in [7, 11) is -3.97. The van der Waals surface area contributed by atoms with Gasteiger partial charge in [-0.1, -0.05) is 255 Å². The molecule has 12 nitrogen and oxygen atoms in total. The molecule has 0 saturated heterocycles. The number of aliphatic hydroxyl groups is 1. The quantitative estimate of drug-likeness (QED) is 0.0216. The van der Waals surface area contributed by atoms with Crippen LogP contribution >= 0.6 is 7.60 Å². The molecule has 0 spiro atoms. The number of anilines is 1. The van der Waals surface area contributed by atoms with E-state index < -0.39 is 31.7 Å². The van der Waals surface area contributed by atoms with Crippen LogP contribution < -0.4 is 5.32 Å². The highest BCUT2D eigenvalue weighted by Crippen LogP contribution is 2.49. The van der Waals surface area contributed by atoms with E-state index in [0.717, 1.165) is 40.7 Å². The van der Waals surface area contributed by atoms with Crippen LogP contribution in [0.15, 0.2) is 164 Å². The van der Waals surface area contributed by atoms with Gasteiger partial charge in [-0.25, -0.2) is 15.0 Å². The maximum absolute atomic E-state index is 14.8. The molecule has 13 heteroatoms. The van der Waals surface area contributed by atoms with Crippen molar-refractivity contribution in [2.75, 3.05) is 38.1 Å². The molecule has 0 amide bonds. The standard InChI is InChI=1S/C63H82N5O7P/c1-2-3-4-5-6-7-8-9-10-11-12-13-14-15-16-32-43-71-48-59(72-46-53-33-22-17-23-34-53)49-75-76(70,74-47-54-35-24-18-25-36-54)52-73-58(45-69)44-68-51-66-60-61(64-50-65-62(60)68)67-63(55-37-26-19-27-38-55,56-39-28-20-29-40-56)57-41-30-21-31-42-57/h17-31,33-42,50-51,58-59,69H,2-16,32,43-49,52H2,1H3,(H,64,65,67)/t58-,59-,76?/m0/s1. The van der Waals surface area contributed by atoms with Gasteiger partial charge in [-0.05, 0) is 34.2 Å². The summed E-state index contributed by atoms with van der Waals surface area (Å²) < 4.78 is 47.8. The number of imidazole rings is 1. The molecule has 0 aliphatic rings. The van der Waals surface area contributed by atoms with E-state index in [-0.39, 0.29) is 33.0 Å². The Bertz CT molecular complexity index is 2570. The smallest absolute Gasteiger partial charge is 0.356 e. The Morgan fingerprint density at radius 1 is 0.553 bits per heavy atom. The molecule has 2 aromatic heterocycles. The van der Waals surface area contributed by atoms with Gasteiger partial charge < -0.3 is 38.2 Å². The van der Waals surface area contributed by atoms with Crippen molar-refractivity contribution in [3.8, 4) is 0 Å². The zero-order chi connectivity index (χ0) is 52.8. The van der Waals surface area contributed by atoms with Crippen molar-refractivity contribution in [1.82, 2.24) is 19.5 Å². The summed E-state index contributed by atoms with van der Waals surface area (Å²) in [5.41, 5.74) is 5.09. The van der Waals surface area contributed by atoms with Gasteiger partial charge in [0.2, 0.25) is 0 Å². The molecular formula is C63H82N5O7P. The second kappa shape index (κ2) is 32.9. The summed E-state index contributed by atoms with van der Waals surface area (Å²) in [4.78, 5) is 14.2. The van der Waals surface area contributed by atoms with Crippen molar-refractivity contribution >= 4 is 24.6 Å². The van der Waals surface area contributed by atoms with Crippen LogP contribution in [0.4, 0.5) is 5.82 Å². The van der Waals surface area contributed by atoms with E-state index in [1.165, 1.54) is 96.2 Å². The van der Waals surface area contributed by atoms with Crippen molar-refractivity contribution in [2.24, 2.45) is 0 Å². The van der Waals surface area contributed by atoms with E-state index in [1.807, 2.05) is 115 Å². The second-order valence-corrected chi connectivity index (χ2v) is 21.8. The molecule has 0 bridgehead atoms. The lowest BCUT2D eigenvalue weighted by Crippen LogP contribution is -2.38. The minimum absolute atomic E-state index is 0.0336. The van der Waals surface area contributed by atoms with E-state index in [9.17, 15) is 9.67 Å². The van der Waals surface area contributed by atoms with Crippen LogP contribution in [0.1, 0.15) is 137 Å². The van der Waals surface area contributed by atoms with Crippen LogP contribution in [0.2, 0.25) is 0 Å². The molecule has 2 N–H and O–H groups in total. The van der Waals surface area contributed by atoms with Crippen molar-refractivity contribution < 1.29 is 32.9 Å². The lowest BCUT2D eigenvalue weighted by Gasteiger charge is -2.37. The van der Waals surface area contributed by atoms with Gasteiger partial charge in [-0.15, -0.1) is 0 Å². The minimum atomic E-state index is -3.97. The highest BCUT2D eigenvalue weighted by molar-refractivity contribution is 7.53. The van der Waals surface area contributed by atoms with Crippen LogP contribution in [0.5, 0.6) is 0 Å². The zero-order valence-corrected chi connectivity index (χ0v) is 45.7. The van der Waals surface area contributed by atoms with Gasteiger partial charge in [-0.2, -0.15) is 0 Å². The van der Waals surface area contributed by atoms with Crippen molar-refractivity contribution in [3.05, 3.63) is 192 Å². The van der Waals surface area contributed by atoms with E-state index in [4.69, 9.17) is 33.2 Å². The lowest BCUT2D eigenvalue weighted by atomic mass is 9.77. The first-order valence-corrected chi connectivity index (χ1v) is 29.7. The molecular weight excluding hydrogens is 970 g/mol. The Balaban J connectivity index is 0.959. The number of nitrogens with one attached hydrogen (secondary N) is 1. The zero-order valence-electron chi connectivity index (χ0n) is 44.8. The predicted octanol–water partition coefficient (Wildman–Crippen LogP) is 14.9. The fourth-order valence-corrected chi connectivity index (χ4v) is 11.0. The number of unbranched alkanes of at least 4 members (excludes halogenated alkanes) is 15. The minimum Gasteiger partial charge on any atom is -0.394 e. The van der Waals surface area contributed by atoms with Crippen LogP contribution in [0.3, 0.4) is 0 Å². The Labute approximate surface area is 452 Å². The molecule has 406 valence electrons. The highest BCUT2D eigenvalue weighted by atomic mass is 31.2. The van der Waals surface area contributed by atoms with Crippen LogP contribution in [-0.2, 0) is 53.1 Å². The first-order chi connectivity index (χ1) is 37.5. The topological polar surface area (TPSA) is 139 Å². The average Bonchev–Trinajstić information content (AvgIpc) is 3.89. The van der Waals surface area contributed by atoms with Gasteiger partial charge in [0.1, 0.15) is 29.8 Å². The summed E-state index contributed by atoms with van der Waals surface area (Å²) in [5.74, 6) is 0.520. The monoisotopic (exact) mass is 1050 g/mol. The molecule has 7 rings (SSSR count). The largest absolute Gasteiger partial charge is 0.394 e. The van der Waals surface area contributed by atoms with Gasteiger partial charge in [0, 0.05) is 6.61 Å². The third kappa shape index (κ3) is 18.6. The van der Waals surface area contributed by atoms with Crippen LogP contribution in [0, 0.1) is 0 Å². The van der Waals surface area contributed by atoms with Crippen molar-refractivity contribution in [3.63, 3.8) is 0 Å². The SMILES string of the molecule is CCCCCCCCCCCCCCCCCCOC[C@@H](COP(=O)(CO[C@H](CO)Cn1cnc2c(NC(c3ccccc3)(c3ccccc3)c3ccccc3)ncnc21)OCc1ccccc1)OCc1ccccc1. The predicted molar refractivity (Wildman–Crippen MR) is 305 cm³/mol. The number of aliphatic hydroxyl groups excluding tert-OH is 1. The number of fused-ring (bicyclic) bond motifs is 1. The highest BCUT2D eigenvalue weighted by Gasteiger charge is 2.38. The summed E-state index contributed by atoms with van der Waals surface area (Å²) >= 11 is 0. The third-order valence-electron chi connectivity index (χ3n) is 13.9. The molecule has 0 radical (unpaired) electrons. The number of hydrogen-bond donors (Lipinski definition) is 2. The van der Waals surface area contributed by atoms with Crippen LogP contribution in [0.25, 0.3) is 11.2 Å². The van der Waals surface area contributed by atoms with Gasteiger partial charge in [-0.3, -0.25) is 4.57 Å². The molecule has 1 unspecified atom stereocenters. The van der Waals surface area contributed by atoms with Gasteiger partial charge in [0.15, 0.2) is 11.5 Å². The summed E-state index contributed by atoms with van der Waals surface area (Å²) in [6.07, 6.45) is 22.4. The molecule has 0 fully saturated rings. The molecule has 0 aliphatic heterocycles. The number of rotatable bonds is 39. The Hall–Kier alpha value is -5.56. The Morgan fingerprint density at radius 2 is 1.04 bits per heavy atom. The van der Waals surface area contributed by atoms with E-state index in [1.54, 1.807) is 10.9 Å². The molecule has 5 aromatic carbocycles. The summed E-state index contributed by atoms with van der Waals surface area (Å²) in [5, 5.41) is 14.6. The number of ether oxygens (including phenoxy) is 3. The fourth-order valence-electron chi connectivity index (χ4n) is 9.60. The number of benzene rings is 5. The first-order valence-electron chi connectivity index (χ1n) is 28.0. The third-order valence-corrected chi connectivity index (χ3v) is 15.4. The maximum Gasteiger partial charge on any atom is 0.356 e. The van der Waals surface area contributed by atoms with Crippen molar-refractivity contribution in [1.29, 1.82) is 0 Å². The number of aromatic nitrogens is 4. The van der Waals surface area contributed by atoms with E-state index >= 15 is 0 Å². The fraction of sp³-hybridized carbons (Fsp3) is 0.444. The summed E-state index contributed by atoms with van der Waals surface area (Å²) in [6.45, 7) is 3.21. The molecule has 3 atom stereocenters. The second-order valence-electron chi connectivity index (χ2n) is 19.8. The van der Waals surface area contributed by atoms with Crippen molar-refractivity contribution in [2.45, 2.75) is 147 Å². The summed E-state index contributed by atoms with van der Waals surface area (Å²) in [6, 6.07) is 50.3. The lowest BCUT2D eigenvalue weighted by molar-refractivity contribution is -0.0504. The van der Waals surface area contributed by atoms with E-state index in [0.29, 0.717) is 30.2 Å². The van der Waals surface area contributed by atoms with E-state index in [2.05, 4.69) is 53.6 Å². The molecule has 2 heterocycles. The molecule has 0 aliphatic carbocycles.